The quantitative estimate of drug-likeness (QED) is 0.0206. The number of aliphatic hydroxyl groups excluding tert-OH is 8. The van der Waals surface area contributed by atoms with Crippen LogP contribution in [0.1, 0.15) is 219 Å². The van der Waals surface area contributed by atoms with Gasteiger partial charge in [0.25, 0.3) is 0 Å². The zero-order valence-electron chi connectivity index (χ0n) is 43.8. The maximum Gasteiger partial charge on any atom is 0.220 e. The highest BCUT2D eigenvalue weighted by Crippen LogP contribution is 2.30. The Morgan fingerprint density at radius 3 is 1.51 bits per heavy atom. The lowest BCUT2D eigenvalue weighted by Gasteiger charge is -2.46. The molecule has 12 unspecified atom stereocenters. The molecule has 0 radical (unpaired) electrons. The van der Waals surface area contributed by atoms with Crippen LogP contribution in [0, 0.1) is 0 Å². The highest BCUT2D eigenvalue weighted by atomic mass is 16.7. The number of hydrogen-bond acceptors (Lipinski definition) is 13. The maximum absolute atomic E-state index is 13.2. The summed E-state index contributed by atoms with van der Waals surface area (Å²) in [5.74, 6) is -0.223. The monoisotopic (exact) mass is 998 g/mol. The maximum atomic E-state index is 13.2. The molecule has 0 saturated carbocycles. The predicted octanol–water partition coefficient (Wildman–Crippen LogP) is 8.66. The summed E-state index contributed by atoms with van der Waals surface area (Å²) in [5.41, 5.74) is 0. The van der Waals surface area contributed by atoms with Gasteiger partial charge < -0.3 is 65.1 Å². The first-order chi connectivity index (χ1) is 34.1. The summed E-state index contributed by atoms with van der Waals surface area (Å²) in [6.45, 7) is 2.74. The van der Waals surface area contributed by atoms with Gasteiger partial charge in [0.1, 0.15) is 48.8 Å². The molecule has 1 amide bonds. The Bertz CT molecular complexity index is 1320. The van der Waals surface area contributed by atoms with Gasteiger partial charge in [0.15, 0.2) is 12.6 Å². The standard InChI is InChI=1S/C56H103NO13/c1-3-5-7-9-11-13-15-17-19-20-21-22-23-24-26-27-29-31-33-35-37-39-45(60)44(57-48(61)40-38-36-34-32-30-28-25-18-16-14-12-10-8-6-4-2)43-67-55-53(66)51(64)54(47(42-59)69-55)70-56-52(65)50(63)49(62)46(41-58)68-56/h6,8,12,14,18,25,44-47,49-56,58-60,62-66H,3-5,7,9-11,13,15-17,19-24,26-43H2,1-2H3,(H,57,61)/b8-6-,14-12-,25-18-. The van der Waals surface area contributed by atoms with Crippen LogP contribution in [-0.4, -0.2) is 140 Å². The lowest BCUT2D eigenvalue weighted by atomic mass is 9.97. The first-order valence-corrected chi connectivity index (χ1v) is 28.2. The molecule has 0 aromatic carbocycles. The third kappa shape index (κ3) is 28.6. The average molecular weight is 998 g/mol. The Hall–Kier alpha value is -1.79. The lowest BCUT2D eigenvalue weighted by Crippen LogP contribution is -2.65. The van der Waals surface area contributed by atoms with Gasteiger partial charge in [-0.2, -0.15) is 0 Å². The molecule has 9 N–H and O–H groups in total. The van der Waals surface area contributed by atoms with E-state index >= 15 is 0 Å². The second kappa shape index (κ2) is 42.6. The summed E-state index contributed by atoms with van der Waals surface area (Å²) in [6, 6.07) is -0.837. The molecule has 0 aromatic rings. The van der Waals surface area contributed by atoms with Crippen molar-refractivity contribution in [1.29, 1.82) is 0 Å². The average Bonchev–Trinajstić information content (AvgIpc) is 3.36. The van der Waals surface area contributed by atoms with Crippen molar-refractivity contribution in [3.05, 3.63) is 36.5 Å². The Kier molecular flexibility index (Phi) is 39.1. The SMILES string of the molecule is CC/C=C\C/C=C\C/C=C\CCCCCCCC(=O)NC(COC1OC(CO)C(OC2OC(CO)C(O)C(O)C2O)C(O)C1O)C(O)CCCCCCCCCCCCCCCCCCCCCCC. The van der Waals surface area contributed by atoms with Crippen LogP contribution in [-0.2, 0) is 23.7 Å². The normalized spacial score (nSPS) is 26.2. The van der Waals surface area contributed by atoms with Crippen LogP contribution in [0.3, 0.4) is 0 Å². The third-order valence-electron chi connectivity index (χ3n) is 13.9. The molecule has 12 atom stereocenters. The fourth-order valence-electron chi connectivity index (χ4n) is 9.31. The van der Waals surface area contributed by atoms with E-state index in [9.17, 15) is 45.6 Å². The van der Waals surface area contributed by atoms with Gasteiger partial charge in [-0.15, -0.1) is 0 Å². The van der Waals surface area contributed by atoms with Crippen LogP contribution in [0.5, 0.6) is 0 Å². The van der Waals surface area contributed by atoms with Crippen molar-refractivity contribution in [2.24, 2.45) is 0 Å². The van der Waals surface area contributed by atoms with Gasteiger partial charge in [-0.3, -0.25) is 4.79 Å². The number of hydrogen-bond donors (Lipinski definition) is 9. The van der Waals surface area contributed by atoms with Crippen molar-refractivity contribution >= 4 is 5.91 Å². The van der Waals surface area contributed by atoms with Crippen LogP contribution < -0.4 is 5.32 Å². The summed E-state index contributed by atoms with van der Waals surface area (Å²) in [6.07, 6.45) is 32.9. The van der Waals surface area contributed by atoms with Crippen molar-refractivity contribution in [2.45, 2.75) is 293 Å². The van der Waals surface area contributed by atoms with Crippen LogP contribution >= 0.6 is 0 Å². The van der Waals surface area contributed by atoms with Gasteiger partial charge in [-0.25, -0.2) is 0 Å². The van der Waals surface area contributed by atoms with Crippen molar-refractivity contribution in [3.63, 3.8) is 0 Å². The smallest absolute Gasteiger partial charge is 0.220 e. The number of aliphatic hydroxyl groups is 8. The van der Waals surface area contributed by atoms with Gasteiger partial charge in [0.05, 0.1) is 32.0 Å². The molecule has 70 heavy (non-hydrogen) atoms. The number of carbonyl (C=O) groups excluding carboxylic acids is 1. The number of ether oxygens (including phenoxy) is 4. The zero-order valence-corrected chi connectivity index (χ0v) is 43.8. The number of allylic oxidation sites excluding steroid dienone is 6. The van der Waals surface area contributed by atoms with Gasteiger partial charge in [-0.05, 0) is 44.9 Å². The number of carbonyl (C=O) groups is 1. The van der Waals surface area contributed by atoms with Crippen molar-refractivity contribution < 1.29 is 64.6 Å². The lowest BCUT2D eigenvalue weighted by molar-refractivity contribution is -0.359. The van der Waals surface area contributed by atoms with E-state index in [1.807, 2.05) is 0 Å². The largest absolute Gasteiger partial charge is 0.394 e. The molecule has 2 fully saturated rings. The Morgan fingerprint density at radius 2 is 0.986 bits per heavy atom. The molecule has 0 aromatic heterocycles. The van der Waals surface area contributed by atoms with E-state index in [0.29, 0.717) is 12.8 Å². The van der Waals surface area contributed by atoms with Crippen molar-refractivity contribution in [1.82, 2.24) is 5.32 Å². The topological polar surface area (TPSA) is 228 Å². The number of amides is 1. The fraction of sp³-hybridized carbons (Fsp3) is 0.875. The van der Waals surface area contributed by atoms with E-state index in [4.69, 9.17) is 18.9 Å². The number of nitrogens with one attached hydrogen (secondary N) is 1. The molecule has 410 valence electrons. The summed E-state index contributed by atoms with van der Waals surface area (Å²) in [4.78, 5) is 13.2. The molecule has 2 aliphatic heterocycles. The van der Waals surface area contributed by atoms with E-state index in [-0.39, 0.29) is 18.9 Å². The Balaban J connectivity index is 1.78. The molecular weight excluding hydrogens is 895 g/mol. The minimum absolute atomic E-state index is 0.223. The van der Waals surface area contributed by atoms with E-state index in [2.05, 4.69) is 55.6 Å². The van der Waals surface area contributed by atoms with E-state index in [1.165, 1.54) is 109 Å². The fourth-order valence-corrected chi connectivity index (χ4v) is 9.31. The van der Waals surface area contributed by atoms with Gasteiger partial charge >= 0.3 is 0 Å². The van der Waals surface area contributed by atoms with Crippen molar-refractivity contribution in [3.8, 4) is 0 Å². The van der Waals surface area contributed by atoms with E-state index in [1.54, 1.807) is 0 Å². The minimum atomic E-state index is -1.78. The molecule has 14 nitrogen and oxygen atoms in total. The molecule has 2 aliphatic rings. The Labute approximate surface area is 423 Å². The molecule has 0 aliphatic carbocycles. The highest BCUT2D eigenvalue weighted by molar-refractivity contribution is 5.76. The first kappa shape index (κ1) is 64.3. The highest BCUT2D eigenvalue weighted by Gasteiger charge is 2.51. The Morgan fingerprint density at radius 1 is 0.529 bits per heavy atom. The molecule has 0 spiro atoms. The minimum Gasteiger partial charge on any atom is -0.394 e. The molecule has 2 heterocycles. The summed E-state index contributed by atoms with van der Waals surface area (Å²) < 4.78 is 22.8. The predicted molar refractivity (Wildman–Crippen MR) is 277 cm³/mol. The second-order valence-corrected chi connectivity index (χ2v) is 20.0. The van der Waals surface area contributed by atoms with Gasteiger partial charge in [0, 0.05) is 6.42 Å². The zero-order chi connectivity index (χ0) is 51.0. The molecule has 0 bridgehead atoms. The van der Waals surface area contributed by atoms with Gasteiger partial charge in [-0.1, -0.05) is 204 Å². The molecular formula is C56H103NO13. The van der Waals surface area contributed by atoms with E-state index in [0.717, 1.165) is 77.0 Å². The molecule has 2 rings (SSSR count). The number of unbranched alkanes of at least 4 members (excludes halogenated alkanes) is 25. The van der Waals surface area contributed by atoms with Crippen LogP contribution in [0.2, 0.25) is 0 Å². The van der Waals surface area contributed by atoms with Crippen LogP contribution in [0.15, 0.2) is 36.5 Å². The van der Waals surface area contributed by atoms with Crippen LogP contribution in [0.25, 0.3) is 0 Å². The summed E-state index contributed by atoms with van der Waals surface area (Å²) >= 11 is 0. The first-order valence-electron chi connectivity index (χ1n) is 28.2. The number of rotatable bonds is 44. The van der Waals surface area contributed by atoms with E-state index < -0.39 is 86.8 Å². The van der Waals surface area contributed by atoms with Crippen molar-refractivity contribution in [2.75, 3.05) is 19.8 Å². The summed E-state index contributed by atoms with van der Waals surface area (Å²) in [5, 5.41) is 87.1. The third-order valence-corrected chi connectivity index (χ3v) is 13.9. The van der Waals surface area contributed by atoms with Crippen LogP contribution in [0.4, 0.5) is 0 Å². The van der Waals surface area contributed by atoms with Gasteiger partial charge in [0.2, 0.25) is 5.91 Å². The molecule has 2 saturated heterocycles. The summed E-state index contributed by atoms with van der Waals surface area (Å²) in [7, 11) is 0. The molecule has 14 heteroatoms. The second-order valence-electron chi connectivity index (χ2n) is 20.0.